The number of rotatable bonds is 3. The zero-order valence-electron chi connectivity index (χ0n) is 11.5. The summed E-state index contributed by atoms with van der Waals surface area (Å²) >= 11 is 5.87. The Hall–Kier alpha value is -0.800. The molecule has 100 valence electrons. The van der Waals surface area contributed by atoms with E-state index in [0.29, 0.717) is 11.9 Å². The van der Waals surface area contributed by atoms with Crippen molar-refractivity contribution in [3.63, 3.8) is 0 Å². The lowest BCUT2D eigenvalue weighted by atomic mass is 10.0. The van der Waals surface area contributed by atoms with Gasteiger partial charge in [-0.1, -0.05) is 6.07 Å². The summed E-state index contributed by atoms with van der Waals surface area (Å²) in [6, 6.07) is 4.74. The number of hydrogen-bond acceptors (Lipinski definition) is 3. The molecule has 3 nitrogen and oxygen atoms in total. The molecule has 1 aromatic rings. The predicted molar refractivity (Wildman–Crippen MR) is 77.5 cm³/mol. The highest BCUT2D eigenvalue weighted by atomic mass is 35.5. The zero-order valence-corrected chi connectivity index (χ0v) is 12.2. The summed E-state index contributed by atoms with van der Waals surface area (Å²) in [7, 11) is 4.33. The van der Waals surface area contributed by atoms with Crippen molar-refractivity contribution in [1.29, 1.82) is 0 Å². The summed E-state index contributed by atoms with van der Waals surface area (Å²) in [5.41, 5.74) is 2.16. The number of piperidine rings is 1. The smallest absolute Gasteiger partial charge is 0.128 e. The normalized spacial score (nSPS) is 21.0. The Labute approximate surface area is 115 Å². The highest BCUT2D eigenvalue weighted by Crippen LogP contribution is 2.21. The maximum Gasteiger partial charge on any atom is 0.128 e. The van der Waals surface area contributed by atoms with Gasteiger partial charge in [0.1, 0.15) is 5.82 Å². The van der Waals surface area contributed by atoms with Crippen molar-refractivity contribution in [2.24, 2.45) is 0 Å². The van der Waals surface area contributed by atoms with Gasteiger partial charge in [-0.25, -0.2) is 4.98 Å². The van der Waals surface area contributed by atoms with Crippen LogP contribution in [-0.4, -0.2) is 43.1 Å². The quantitative estimate of drug-likeness (QED) is 0.785. The zero-order chi connectivity index (χ0) is 13.1. The van der Waals surface area contributed by atoms with Crippen molar-refractivity contribution in [3.8, 4) is 0 Å². The number of aryl methyl sites for hydroxylation is 1. The minimum atomic E-state index is 0.537. The van der Waals surface area contributed by atoms with Crippen LogP contribution in [0.5, 0.6) is 0 Å². The van der Waals surface area contributed by atoms with Crippen LogP contribution < -0.4 is 4.90 Å². The van der Waals surface area contributed by atoms with Gasteiger partial charge in [0.2, 0.25) is 0 Å². The summed E-state index contributed by atoms with van der Waals surface area (Å²) < 4.78 is 0. The summed E-state index contributed by atoms with van der Waals surface area (Å²) in [6.07, 6.45) is 2.52. The monoisotopic (exact) mass is 267 g/mol. The van der Waals surface area contributed by atoms with Crippen LogP contribution in [0.25, 0.3) is 0 Å². The minimum Gasteiger partial charge on any atom is -0.355 e. The van der Waals surface area contributed by atoms with Crippen molar-refractivity contribution in [2.45, 2.75) is 31.7 Å². The van der Waals surface area contributed by atoms with Crippen molar-refractivity contribution < 1.29 is 0 Å². The fraction of sp³-hybridized carbons (Fsp3) is 0.643. The van der Waals surface area contributed by atoms with E-state index in [1.54, 1.807) is 0 Å². The lowest BCUT2D eigenvalue weighted by molar-refractivity contribution is 0.247. The van der Waals surface area contributed by atoms with E-state index in [2.05, 4.69) is 41.0 Å². The summed E-state index contributed by atoms with van der Waals surface area (Å²) in [6.45, 7) is 4.36. The first kappa shape index (κ1) is 13.6. The van der Waals surface area contributed by atoms with E-state index in [-0.39, 0.29) is 0 Å². The molecule has 2 rings (SSSR count). The molecule has 1 saturated heterocycles. The number of likely N-dealkylation sites (N-methyl/N-ethyl adjacent to an activating group) is 2. The number of pyridine rings is 1. The molecule has 0 aromatic carbocycles. The molecule has 4 heteroatoms. The van der Waals surface area contributed by atoms with E-state index in [9.17, 15) is 0 Å². The topological polar surface area (TPSA) is 19.4 Å². The van der Waals surface area contributed by atoms with Gasteiger partial charge in [-0.15, -0.1) is 11.6 Å². The Balaban J connectivity index is 2.12. The van der Waals surface area contributed by atoms with Gasteiger partial charge < -0.3 is 9.80 Å². The average Bonchev–Trinajstić information content (AvgIpc) is 2.37. The fourth-order valence-corrected chi connectivity index (χ4v) is 2.84. The Kier molecular flexibility index (Phi) is 4.46. The number of nitrogens with zero attached hydrogens (tertiary/aromatic N) is 3. The van der Waals surface area contributed by atoms with Crippen LogP contribution in [0.2, 0.25) is 0 Å². The second kappa shape index (κ2) is 5.89. The lowest BCUT2D eigenvalue weighted by Gasteiger charge is -2.36. The molecule has 0 amide bonds. The molecule has 1 aliphatic rings. The molecular weight excluding hydrogens is 246 g/mol. The van der Waals surface area contributed by atoms with Crippen LogP contribution in [0.4, 0.5) is 5.82 Å². The van der Waals surface area contributed by atoms with Crippen molar-refractivity contribution >= 4 is 17.4 Å². The van der Waals surface area contributed by atoms with Gasteiger partial charge in [-0.3, -0.25) is 0 Å². The third-order valence-electron chi connectivity index (χ3n) is 3.83. The first-order valence-electron chi connectivity index (χ1n) is 6.55. The molecule has 2 heterocycles. The van der Waals surface area contributed by atoms with Crippen LogP contribution in [0.3, 0.4) is 0 Å². The predicted octanol–water partition coefficient (Wildman–Crippen LogP) is 2.66. The average molecular weight is 268 g/mol. The first-order chi connectivity index (χ1) is 8.61. The molecule has 0 N–H and O–H groups in total. The Bertz CT molecular complexity index is 408. The minimum absolute atomic E-state index is 0.537. The first-order valence-corrected chi connectivity index (χ1v) is 7.09. The van der Waals surface area contributed by atoms with Gasteiger partial charge in [0, 0.05) is 31.2 Å². The van der Waals surface area contributed by atoms with Crippen LogP contribution in [0.1, 0.15) is 24.1 Å². The number of halogens is 1. The summed E-state index contributed by atoms with van der Waals surface area (Å²) in [4.78, 5) is 9.37. The van der Waals surface area contributed by atoms with Gasteiger partial charge >= 0.3 is 0 Å². The number of likely N-dealkylation sites (tertiary alicyclic amines) is 1. The molecule has 0 spiro atoms. The van der Waals surface area contributed by atoms with Gasteiger partial charge in [0.15, 0.2) is 0 Å². The fourth-order valence-electron chi connectivity index (χ4n) is 2.56. The van der Waals surface area contributed by atoms with E-state index >= 15 is 0 Å². The molecule has 0 saturated carbocycles. The van der Waals surface area contributed by atoms with E-state index in [0.717, 1.165) is 23.6 Å². The molecule has 18 heavy (non-hydrogen) atoms. The van der Waals surface area contributed by atoms with Crippen molar-refractivity contribution in [2.75, 3.05) is 32.1 Å². The third-order valence-corrected chi connectivity index (χ3v) is 4.12. The maximum absolute atomic E-state index is 5.87. The summed E-state index contributed by atoms with van der Waals surface area (Å²) in [5, 5.41) is 0. The second-order valence-corrected chi connectivity index (χ2v) is 5.48. The number of anilines is 1. The number of aromatic nitrogens is 1. The Morgan fingerprint density at radius 2 is 2.28 bits per heavy atom. The van der Waals surface area contributed by atoms with Gasteiger partial charge in [-0.05, 0) is 45.0 Å². The molecule has 0 radical (unpaired) electrons. The lowest BCUT2D eigenvalue weighted by Crippen LogP contribution is -2.45. The van der Waals surface area contributed by atoms with Crippen molar-refractivity contribution in [1.82, 2.24) is 9.88 Å². The SMILES string of the molecule is Cc1nc(N(C)C2CCCN(C)C2)ccc1CCl. The van der Waals surface area contributed by atoms with Crippen LogP contribution in [0, 0.1) is 6.92 Å². The molecule has 0 aliphatic carbocycles. The Morgan fingerprint density at radius 3 is 2.89 bits per heavy atom. The molecule has 1 unspecified atom stereocenters. The van der Waals surface area contributed by atoms with Gasteiger partial charge in [0.05, 0.1) is 0 Å². The Morgan fingerprint density at radius 1 is 1.50 bits per heavy atom. The van der Waals surface area contributed by atoms with E-state index in [1.807, 2.05) is 6.92 Å². The summed E-state index contributed by atoms with van der Waals surface area (Å²) in [5.74, 6) is 1.59. The van der Waals surface area contributed by atoms with Crippen LogP contribution in [0.15, 0.2) is 12.1 Å². The number of hydrogen-bond donors (Lipinski definition) is 0. The molecule has 1 aromatic heterocycles. The van der Waals surface area contributed by atoms with Crippen molar-refractivity contribution in [3.05, 3.63) is 23.4 Å². The molecule has 1 aliphatic heterocycles. The van der Waals surface area contributed by atoms with E-state index in [4.69, 9.17) is 11.6 Å². The molecule has 1 atom stereocenters. The largest absolute Gasteiger partial charge is 0.355 e. The molecular formula is C14H22ClN3. The third kappa shape index (κ3) is 2.96. The highest BCUT2D eigenvalue weighted by molar-refractivity contribution is 6.17. The van der Waals surface area contributed by atoms with E-state index < -0.39 is 0 Å². The highest BCUT2D eigenvalue weighted by Gasteiger charge is 2.22. The van der Waals surface area contributed by atoms with E-state index in [1.165, 1.54) is 19.4 Å². The molecule has 1 fully saturated rings. The number of alkyl halides is 1. The van der Waals surface area contributed by atoms with Gasteiger partial charge in [-0.2, -0.15) is 0 Å². The standard InChI is InChI=1S/C14H22ClN3/c1-11-12(9-15)6-7-14(16-11)18(3)13-5-4-8-17(2)10-13/h6-7,13H,4-5,8-10H2,1-3H3. The van der Waals surface area contributed by atoms with Gasteiger partial charge in [0.25, 0.3) is 0 Å². The van der Waals surface area contributed by atoms with Crippen LogP contribution >= 0.6 is 11.6 Å². The second-order valence-electron chi connectivity index (χ2n) is 5.22. The van der Waals surface area contributed by atoms with Crippen LogP contribution in [-0.2, 0) is 5.88 Å². The maximum atomic E-state index is 5.87. The molecule has 0 bridgehead atoms.